The van der Waals surface area contributed by atoms with Crippen molar-refractivity contribution in [1.29, 1.82) is 0 Å². The van der Waals surface area contributed by atoms with Crippen LogP contribution in [0.2, 0.25) is 5.28 Å². The van der Waals surface area contributed by atoms with E-state index in [1.165, 1.54) is 32.1 Å². The third kappa shape index (κ3) is 3.02. The van der Waals surface area contributed by atoms with E-state index in [9.17, 15) is 0 Å². The SMILES string of the molecule is Clc1nncc(N2CCCCCCC2)n1. The van der Waals surface area contributed by atoms with Crippen LogP contribution in [0.25, 0.3) is 0 Å². The van der Waals surface area contributed by atoms with Gasteiger partial charge >= 0.3 is 0 Å². The zero-order valence-corrected chi connectivity index (χ0v) is 9.45. The Morgan fingerprint density at radius 3 is 2.40 bits per heavy atom. The molecule has 0 aliphatic carbocycles. The van der Waals surface area contributed by atoms with Crippen LogP contribution in [0.1, 0.15) is 32.1 Å². The van der Waals surface area contributed by atoms with Gasteiger partial charge in [-0.2, -0.15) is 10.1 Å². The van der Waals surface area contributed by atoms with Gasteiger partial charge in [0.05, 0.1) is 6.20 Å². The molecule has 0 N–H and O–H groups in total. The van der Waals surface area contributed by atoms with Gasteiger partial charge in [0.2, 0.25) is 5.28 Å². The van der Waals surface area contributed by atoms with Crippen LogP contribution in [0.3, 0.4) is 0 Å². The van der Waals surface area contributed by atoms with Gasteiger partial charge in [0.1, 0.15) is 0 Å². The van der Waals surface area contributed by atoms with E-state index in [0.29, 0.717) is 0 Å². The smallest absolute Gasteiger partial charge is 0.244 e. The van der Waals surface area contributed by atoms with E-state index in [0.717, 1.165) is 18.9 Å². The van der Waals surface area contributed by atoms with Crippen LogP contribution < -0.4 is 4.90 Å². The lowest BCUT2D eigenvalue weighted by atomic mass is 10.1. The molecule has 1 aliphatic heterocycles. The normalized spacial score (nSPS) is 18.3. The van der Waals surface area contributed by atoms with Crippen LogP contribution in [0.4, 0.5) is 5.82 Å². The summed E-state index contributed by atoms with van der Waals surface area (Å²) in [6.45, 7) is 2.10. The Morgan fingerprint density at radius 2 is 1.73 bits per heavy atom. The molecule has 0 spiro atoms. The summed E-state index contributed by atoms with van der Waals surface area (Å²) in [5, 5.41) is 7.71. The van der Waals surface area contributed by atoms with Crippen molar-refractivity contribution in [3.8, 4) is 0 Å². The first-order chi connectivity index (χ1) is 7.36. The van der Waals surface area contributed by atoms with Crippen LogP contribution >= 0.6 is 11.6 Å². The number of hydrogen-bond acceptors (Lipinski definition) is 4. The van der Waals surface area contributed by atoms with Crippen molar-refractivity contribution in [3.63, 3.8) is 0 Å². The average Bonchev–Trinajstić information content (AvgIpc) is 2.16. The minimum atomic E-state index is 0.231. The standard InChI is InChI=1S/C10H15ClN4/c11-10-13-9(8-12-14-10)15-6-4-2-1-3-5-7-15/h8H,1-7H2. The molecule has 1 fully saturated rings. The number of rotatable bonds is 1. The second-order valence-electron chi connectivity index (χ2n) is 3.84. The van der Waals surface area contributed by atoms with Gasteiger partial charge in [0, 0.05) is 13.1 Å². The fourth-order valence-corrected chi connectivity index (χ4v) is 2.03. The number of anilines is 1. The predicted octanol–water partition coefficient (Wildman–Crippen LogP) is 2.30. The summed E-state index contributed by atoms with van der Waals surface area (Å²) in [7, 11) is 0. The molecule has 5 heteroatoms. The van der Waals surface area contributed by atoms with E-state index in [2.05, 4.69) is 20.1 Å². The molecule has 0 unspecified atom stereocenters. The molecule has 15 heavy (non-hydrogen) atoms. The van der Waals surface area contributed by atoms with Gasteiger partial charge in [0.25, 0.3) is 0 Å². The fraction of sp³-hybridized carbons (Fsp3) is 0.700. The van der Waals surface area contributed by atoms with Crippen molar-refractivity contribution in [2.75, 3.05) is 18.0 Å². The van der Waals surface area contributed by atoms with Gasteiger partial charge in [-0.3, -0.25) is 0 Å². The topological polar surface area (TPSA) is 41.9 Å². The van der Waals surface area contributed by atoms with E-state index in [1.807, 2.05) is 0 Å². The number of hydrogen-bond donors (Lipinski definition) is 0. The Kier molecular flexibility index (Phi) is 3.72. The average molecular weight is 227 g/mol. The molecule has 1 aromatic rings. The van der Waals surface area contributed by atoms with Crippen LogP contribution in [-0.2, 0) is 0 Å². The zero-order valence-electron chi connectivity index (χ0n) is 8.69. The van der Waals surface area contributed by atoms with Gasteiger partial charge in [-0.1, -0.05) is 19.3 Å². The van der Waals surface area contributed by atoms with E-state index >= 15 is 0 Å². The molecule has 1 saturated heterocycles. The zero-order chi connectivity index (χ0) is 10.5. The van der Waals surface area contributed by atoms with Crippen molar-refractivity contribution in [3.05, 3.63) is 11.5 Å². The van der Waals surface area contributed by atoms with Crippen molar-refractivity contribution < 1.29 is 0 Å². The molecular formula is C10H15ClN4. The third-order valence-electron chi connectivity index (χ3n) is 2.70. The molecule has 2 rings (SSSR count). The molecule has 0 amide bonds. The molecule has 0 atom stereocenters. The van der Waals surface area contributed by atoms with Gasteiger partial charge in [-0.05, 0) is 24.4 Å². The molecule has 1 aliphatic rings. The molecule has 0 aromatic carbocycles. The second kappa shape index (κ2) is 5.26. The fourth-order valence-electron chi connectivity index (χ4n) is 1.90. The van der Waals surface area contributed by atoms with Gasteiger partial charge in [-0.15, -0.1) is 5.10 Å². The predicted molar refractivity (Wildman–Crippen MR) is 60.1 cm³/mol. The number of aromatic nitrogens is 3. The van der Waals surface area contributed by atoms with Crippen LogP contribution in [-0.4, -0.2) is 28.3 Å². The van der Waals surface area contributed by atoms with Crippen LogP contribution in [0, 0.1) is 0 Å². The summed E-state index contributed by atoms with van der Waals surface area (Å²) in [6.07, 6.45) is 8.11. The Bertz CT molecular complexity index is 310. The Hall–Kier alpha value is -0.900. The Balaban J connectivity index is 2.06. The summed E-state index contributed by atoms with van der Waals surface area (Å²) >= 11 is 5.73. The Morgan fingerprint density at radius 1 is 1.07 bits per heavy atom. The van der Waals surface area contributed by atoms with Crippen molar-refractivity contribution >= 4 is 17.4 Å². The van der Waals surface area contributed by atoms with E-state index in [1.54, 1.807) is 6.20 Å². The van der Waals surface area contributed by atoms with Crippen LogP contribution in [0.5, 0.6) is 0 Å². The molecule has 0 bridgehead atoms. The van der Waals surface area contributed by atoms with Crippen LogP contribution in [0.15, 0.2) is 6.20 Å². The highest BCUT2D eigenvalue weighted by molar-refractivity contribution is 6.28. The molecule has 0 saturated carbocycles. The first-order valence-electron chi connectivity index (χ1n) is 5.46. The Labute approximate surface area is 94.7 Å². The summed E-state index contributed by atoms with van der Waals surface area (Å²) in [5.74, 6) is 0.858. The highest BCUT2D eigenvalue weighted by atomic mass is 35.5. The van der Waals surface area contributed by atoms with E-state index in [-0.39, 0.29) is 5.28 Å². The minimum Gasteiger partial charge on any atom is -0.355 e. The third-order valence-corrected chi connectivity index (χ3v) is 2.86. The van der Waals surface area contributed by atoms with Gasteiger partial charge in [-0.25, -0.2) is 0 Å². The molecule has 1 aromatic heterocycles. The lowest BCUT2D eigenvalue weighted by Gasteiger charge is -2.25. The van der Waals surface area contributed by atoms with Gasteiger partial charge < -0.3 is 4.90 Å². The van der Waals surface area contributed by atoms with Crippen molar-refractivity contribution in [1.82, 2.24) is 15.2 Å². The first kappa shape index (κ1) is 10.6. The maximum absolute atomic E-state index is 5.73. The minimum absolute atomic E-state index is 0.231. The van der Waals surface area contributed by atoms with Gasteiger partial charge in [0.15, 0.2) is 5.82 Å². The summed E-state index contributed by atoms with van der Waals surface area (Å²) < 4.78 is 0. The lowest BCUT2D eigenvalue weighted by molar-refractivity contribution is 0.552. The maximum Gasteiger partial charge on any atom is 0.244 e. The summed E-state index contributed by atoms with van der Waals surface area (Å²) in [5.41, 5.74) is 0. The van der Waals surface area contributed by atoms with Crippen molar-refractivity contribution in [2.45, 2.75) is 32.1 Å². The highest BCUT2D eigenvalue weighted by Gasteiger charge is 2.10. The van der Waals surface area contributed by atoms with E-state index < -0.39 is 0 Å². The van der Waals surface area contributed by atoms with Crippen molar-refractivity contribution in [2.24, 2.45) is 0 Å². The quantitative estimate of drug-likeness (QED) is 0.737. The van der Waals surface area contributed by atoms with E-state index in [4.69, 9.17) is 11.6 Å². The highest BCUT2D eigenvalue weighted by Crippen LogP contribution is 2.16. The molecular weight excluding hydrogens is 212 g/mol. The molecule has 82 valence electrons. The lowest BCUT2D eigenvalue weighted by Crippen LogP contribution is -2.28. The largest absolute Gasteiger partial charge is 0.355 e. The molecule has 0 radical (unpaired) electrons. The maximum atomic E-state index is 5.73. The molecule has 4 nitrogen and oxygen atoms in total. The number of nitrogens with zero attached hydrogens (tertiary/aromatic N) is 4. The monoisotopic (exact) mass is 226 g/mol. The second-order valence-corrected chi connectivity index (χ2v) is 4.18. The molecule has 2 heterocycles. The summed E-state index contributed by atoms with van der Waals surface area (Å²) in [4.78, 5) is 6.44. The summed E-state index contributed by atoms with van der Waals surface area (Å²) in [6, 6.07) is 0. The number of halogens is 1. The first-order valence-corrected chi connectivity index (χ1v) is 5.84.